The van der Waals surface area contributed by atoms with Crippen LogP contribution in [-0.2, 0) is 9.53 Å². The van der Waals surface area contributed by atoms with Crippen molar-refractivity contribution in [3.05, 3.63) is 54.1 Å². The van der Waals surface area contributed by atoms with Crippen molar-refractivity contribution in [2.45, 2.75) is 117 Å². The summed E-state index contributed by atoms with van der Waals surface area (Å²) in [5.41, 5.74) is 3.34. The Balaban J connectivity index is 1.69. The van der Waals surface area contributed by atoms with E-state index < -0.39 is 0 Å². The van der Waals surface area contributed by atoms with Crippen LogP contribution < -0.4 is 4.74 Å². The van der Waals surface area contributed by atoms with E-state index in [1.165, 1.54) is 64.2 Å². The highest BCUT2D eigenvalue weighted by molar-refractivity contribution is 5.69. The van der Waals surface area contributed by atoms with Crippen molar-refractivity contribution in [3.8, 4) is 16.9 Å². The first kappa shape index (κ1) is 28.9. The molecule has 1 atom stereocenters. The summed E-state index contributed by atoms with van der Waals surface area (Å²) < 4.78 is 11.5. The summed E-state index contributed by atoms with van der Waals surface area (Å²) in [6.45, 7) is 7.22. The van der Waals surface area contributed by atoms with Crippen LogP contribution in [0.3, 0.4) is 0 Å². The third-order valence-electron chi connectivity index (χ3n) is 6.63. The maximum absolute atomic E-state index is 12.2. The minimum Gasteiger partial charge on any atom is -0.494 e. The van der Waals surface area contributed by atoms with Crippen LogP contribution in [0.15, 0.2) is 48.5 Å². The lowest BCUT2D eigenvalue weighted by atomic mass is 10.0. The van der Waals surface area contributed by atoms with Crippen LogP contribution in [-0.4, -0.2) is 12.6 Å². The van der Waals surface area contributed by atoms with Gasteiger partial charge in [-0.25, -0.2) is 0 Å². The zero-order valence-corrected chi connectivity index (χ0v) is 22.5. The Morgan fingerprint density at radius 1 is 0.657 bits per heavy atom. The van der Waals surface area contributed by atoms with Gasteiger partial charge < -0.3 is 9.47 Å². The molecule has 0 bridgehead atoms. The highest BCUT2D eigenvalue weighted by Crippen LogP contribution is 2.26. The standard InChI is InChI=1S/C32H48O3/c1-4-6-8-10-11-12-13-15-17-32(33)35-27(3)28-18-20-29(21-19-28)30-22-24-31(25-23-30)34-26-16-14-9-7-5-2/h18-25,27H,4-17,26H2,1-3H3. The molecule has 0 spiro atoms. The number of unbranched alkanes of at least 4 members (excludes halogenated alkanes) is 11. The van der Waals surface area contributed by atoms with Gasteiger partial charge in [0.25, 0.3) is 0 Å². The molecule has 2 aromatic rings. The van der Waals surface area contributed by atoms with Crippen molar-refractivity contribution in [1.82, 2.24) is 0 Å². The van der Waals surface area contributed by atoms with Crippen molar-refractivity contribution >= 4 is 5.97 Å². The molecule has 194 valence electrons. The third-order valence-corrected chi connectivity index (χ3v) is 6.63. The van der Waals surface area contributed by atoms with Crippen molar-refractivity contribution < 1.29 is 14.3 Å². The summed E-state index contributed by atoms with van der Waals surface area (Å²) in [7, 11) is 0. The molecule has 0 aromatic heterocycles. The largest absolute Gasteiger partial charge is 0.494 e. The van der Waals surface area contributed by atoms with Gasteiger partial charge in [-0.05, 0) is 48.6 Å². The van der Waals surface area contributed by atoms with Gasteiger partial charge in [-0.1, -0.05) is 121 Å². The first-order valence-corrected chi connectivity index (χ1v) is 14.2. The maximum atomic E-state index is 12.2. The summed E-state index contributed by atoms with van der Waals surface area (Å²) in [5, 5.41) is 0. The van der Waals surface area contributed by atoms with Gasteiger partial charge in [-0.2, -0.15) is 0 Å². The molecule has 0 aliphatic carbocycles. The second-order valence-electron chi connectivity index (χ2n) is 9.77. The molecule has 0 saturated carbocycles. The molecule has 0 fully saturated rings. The fourth-order valence-corrected chi connectivity index (χ4v) is 4.31. The van der Waals surface area contributed by atoms with E-state index >= 15 is 0 Å². The predicted molar refractivity (Wildman–Crippen MR) is 148 cm³/mol. The average Bonchev–Trinajstić information content (AvgIpc) is 2.88. The molecule has 3 heteroatoms. The lowest BCUT2D eigenvalue weighted by molar-refractivity contribution is -0.148. The number of benzene rings is 2. The predicted octanol–water partition coefficient (Wildman–Crippen LogP) is 9.84. The van der Waals surface area contributed by atoms with Crippen LogP contribution >= 0.6 is 0 Å². The Hall–Kier alpha value is -2.29. The number of esters is 1. The summed E-state index contributed by atoms with van der Waals surface area (Å²) in [6.07, 6.45) is 16.4. The number of hydrogen-bond donors (Lipinski definition) is 0. The van der Waals surface area contributed by atoms with E-state index in [9.17, 15) is 4.79 Å². The molecule has 1 unspecified atom stereocenters. The fourth-order valence-electron chi connectivity index (χ4n) is 4.31. The molecule has 0 aliphatic rings. The second-order valence-corrected chi connectivity index (χ2v) is 9.77. The van der Waals surface area contributed by atoms with Crippen molar-refractivity contribution in [2.24, 2.45) is 0 Å². The van der Waals surface area contributed by atoms with Gasteiger partial charge >= 0.3 is 5.97 Å². The van der Waals surface area contributed by atoms with Crippen molar-refractivity contribution in [1.29, 1.82) is 0 Å². The van der Waals surface area contributed by atoms with Gasteiger partial charge in [0, 0.05) is 6.42 Å². The Labute approximate surface area is 214 Å². The molecule has 0 amide bonds. The van der Waals surface area contributed by atoms with Gasteiger partial charge in [-0.3, -0.25) is 4.79 Å². The zero-order chi connectivity index (χ0) is 25.1. The normalized spacial score (nSPS) is 11.9. The van der Waals surface area contributed by atoms with Gasteiger partial charge in [0.2, 0.25) is 0 Å². The average molecular weight is 481 g/mol. The zero-order valence-electron chi connectivity index (χ0n) is 22.5. The maximum Gasteiger partial charge on any atom is 0.306 e. The smallest absolute Gasteiger partial charge is 0.306 e. The Bertz CT molecular complexity index is 795. The summed E-state index contributed by atoms with van der Waals surface area (Å²) >= 11 is 0. The van der Waals surface area contributed by atoms with Crippen molar-refractivity contribution in [2.75, 3.05) is 6.61 Å². The van der Waals surface area contributed by atoms with Crippen LogP contribution in [0.5, 0.6) is 5.75 Å². The summed E-state index contributed by atoms with van der Waals surface area (Å²) in [5.74, 6) is 0.839. The molecule has 0 radical (unpaired) electrons. The van der Waals surface area contributed by atoms with E-state index in [1.54, 1.807) is 0 Å². The molecular formula is C32H48O3. The minimum absolute atomic E-state index is 0.0893. The lowest BCUT2D eigenvalue weighted by Gasteiger charge is -2.14. The quantitative estimate of drug-likeness (QED) is 0.148. The number of carbonyl (C=O) groups is 1. The van der Waals surface area contributed by atoms with E-state index in [2.05, 4.69) is 50.2 Å². The number of hydrogen-bond acceptors (Lipinski definition) is 3. The summed E-state index contributed by atoms with van der Waals surface area (Å²) in [4.78, 5) is 12.2. The molecule has 35 heavy (non-hydrogen) atoms. The molecule has 0 saturated heterocycles. The number of carbonyl (C=O) groups excluding carboxylic acids is 1. The van der Waals surface area contributed by atoms with E-state index in [0.717, 1.165) is 48.3 Å². The van der Waals surface area contributed by atoms with E-state index in [-0.39, 0.29) is 12.1 Å². The van der Waals surface area contributed by atoms with Crippen LogP contribution in [0, 0.1) is 0 Å². The highest BCUT2D eigenvalue weighted by atomic mass is 16.5. The Kier molecular flexibility index (Phi) is 14.9. The molecule has 2 rings (SSSR count). The summed E-state index contributed by atoms with van der Waals surface area (Å²) in [6, 6.07) is 16.6. The van der Waals surface area contributed by atoms with Crippen LogP contribution in [0.25, 0.3) is 11.1 Å². The molecule has 0 heterocycles. The third kappa shape index (κ3) is 12.3. The molecule has 0 aliphatic heterocycles. The lowest BCUT2D eigenvalue weighted by Crippen LogP contribution is -2.08. The minimum atomic E-state index is -0.223. The van der Waals surface area contributed by atoms with E-state index in [4.69, 9.17) is 9.47 Å². The van der Waals surface area contributed by atoms with Gasteiger partial charge in [0.1, 0.15) is 11.9 Å². The number of rotatable bonds is 19. The number of ether oxygens (including phenoxy) is 2. The van der Waals surface area contributed by atoms with Gasteiger partial charge in [0.05, 0.1) is 6.61 Å². The first-order chi connectivity index (χ1) is 17.1. The van der Waals surface area contributed by atoms with Gasteiger partial charge in [0.15, 0.2) is 0 Å². The highest BCUT2D eigenvalue weighted by Gasteiger charge is 2.12. The van der Waals surface area contributed by atoms with Crippen LogP contribution in [0.4, 0.5) is 0 Å². The van der Waals surface area contributed by atoms with Crippen molar-refractivity contribution in [3.63, 3.8) is 0 Å². The molecule has 0 N–H and O–H groups in total. The topological polar surface area (TPSA) is 35.5 Å². The fraction of sp³-hybridized carbons (Fsp3) is 0.594. The van der Waals surface area contributed by atoms with Crippen LogP contribution in [0.1, 0.15) is 122 Å². The molecule has 2 aromatic carbocycles. The Morgan fingerprint density at radius 2 is 1.14 bits per heavy atom. The monoisotopic (exact) mass is 480 g/mol. The molecular weight excluding hydrogens is 432 g/mol. The first-order valence-electron chi connectivity index (χ1n) is 14.2. The van der Waals surface area contributed by atoms with Gasteiger partial charge in [-0.15, -0.1) is 0 Å². The molecule has 3 nitrogen and oxygen atoms in total. The Morgan fingerprint density at radius 3 is 1.71 bits per heavy atom. The van der Waals surface area contributed by atoms with E-state index in [1.807, 2.05) is 19.1 Å². The van der Waals surface area contributed by atoms with Crippen LogP contribution in [0.2, 0.25) is 0 Å². The second kappa shape index (κ2) is 18.0. The van der Waals surface area contributed by atoms with E-state index in [0.29, 0.717) is 6.42 Å². The SMILES string of the molecule is CCCCCCCCCCC(=O)OC(C)c1ccc(-c2ccc(OCCCCCCC)cc2)cc1.